The zero-order valence-electron chi connectivity index (χ0n) is 9.66. The standard InChI is InChI=1S/C10H20N2O3/c1-11-9(10(13)14-3)6-12(2)8-4-5-15-7-8/h8-9,11H,4-7H2,1-3H3. The molecule has 1 fully saturated rings. The third kappa shape index (κ3) is 3.44. The lowest BCUT2D eigenvalue weighted by molar-refractivity contribution is -0.143. The molecule has 0 saturated carbocycles. The second-order valence-electron chi connectivity index (χ2n) is 3.82. The Morgan fingerprint density at radius 3 is 2.93 bits per heavy atom. The van der Waals surface area contributed by atoms with Crippen LogP contribution in [0.15, 0.2) is 0 Å². The molecule has 1 rings (SSSR count). The van der Waals surface area contributed by atoms with E-state index in [0.717, 1.165) is 19.6 Å². The van der Waals surface area contributed by atoms with E-state index in [-0.39, 0.29) is 12.0 Å². The van der Waals surface area contributed by atoms with Gasteiger partial charge in [0.05, 0.1) is 13.7 Å². The Balaban J connectivity index is 2.39. The van der Waals surface area contributed by atoms with Gasteiger partial charge in [0.1, 0.15) is 6.04 Å². The van der Waals surface area contributed by atoms with Gasteiger partial charge in [-0.25, -0.2) is 0 Å². The van der Waals surface area contributed by atoms with Crippen molar-refractivity contribution in [1.82, 2.24) is 10.2 Å². The number of hydrogen-bond acceptors (Lipinski definition) is 5. The average molecular weight is 216 g/mol. The predicted molar refractivity (Wildman–Crippen MR) is 56.7 cm³/mol. The van der Waals surface area contributed by atoms with E-state index >= 15 is 0 Å². The Bertz CT molecular complexity index is 205. The third-order valence-electron chi connectivity index (χ3n) is 2.83. The molecular weight excluding hydrogens is 196 g/mol. The lowest BCUT2D eigenvalue weighted by atomic mass is 10.2. The Morgan fingerprint density at radius 1 is 1.73 bits per heavy atom. The van der Waals surface area contributed by atoms with Gasteiger partial charge < -0.3 is 14.8 Å². The van der Waals surface area contributed by atoms with Crippen molar-refractivity contribution in [1.29, 1.82) is 0 Å². The first-order chi connectivity index (χ1) is 7.19. The SMILES string of the molecule is CNC(CN(C)C1CCOC1)C(=O)OC. The molecule has 15 heavy (non-hydrogen) atoms. The number of carbonyl (C=O) groups is 1. The fourth-order valence-electron chi connectivity index (χ4n) is 1.73. The summed E-state index contributed by atoms with van der Waals surface area (Å²) < 4.78 is 10.0. The summed E-state index contributed by atoms with van der Waals surface area (Å²) in [5.74, 6) is -0.219. The maximum absolute atomic E-state index is 11.4. The first-order valence-electron chi connectivity index (χ1n) is 5.22. The van der Waals surface area contributed by atoms with Gasteiger partial charge in [-0.3, -0.25) is 9.69 Å². The van der Waals surface area contributed by atoms with Gasteiger partial charge >= 0.3 is 5.97 Å². The van der Waals surface area contributed by atoms with Gasteiger partial charge in [0.25, 0.3) is 0 Å². The lowest BCUT2D eigenvalue weighted by Crippen LogP contribution is -2.47. The van der Waals surface area contributed by atoms with Crippen LogP contribution in [-0.2, 0) is 14.3 Å². The Labute approximate surface area is 90.7 Å². The van der Waals surface area contributed by atoms with Gasteiger partial charge in [-0.15, -0.1) is 0 Å². The molecule has 0 radical (unpaired) electrons. The molecule has 0 spiro atoms. The van der Waals surface area contributed by atoms with Crippen LogP contribution in [0.2, 0.25) is 0 Å². The molecule has 0 bridgehead atoms. The van der Waals surface area contributed by atoms with E-state index in [0.29, 0.717) is 12.6 Å². The smallest absolute Gasteiger partial charge is 0.324 e. The van der Waals surface area contributed by atoms with Crippen LogP contribution in [0.25, 0.3) is 0 Å². The molecule has 1 aliphatic rings. The summed E-state index contributed by atoms with van der Waals surface area (Å²) in [5, 5.41) is 2.95. The first kappa shape index (κ1) is 12.4. The Morgan fingerprint density at radius 2 is 2.47 bits per heavy atom. The monoisotopic (exact) mass is 216 g/mol. The van der Waals surface area contributed by atoms with Crippen LogP contribution in [0.1, 0.15) is 6.42 Å². The van der Waals surface area contributed by atoms with E-state index in [4.69, 9.17) is 9.47 Å². The molecule has 0 aliphatic carbocycles. The van der Waals surface area contributed by atoms with Gasteiger partial charge in [0, 0.05) is 19.2 Å². The van der Waals surface area contributed by atoms with Crippen LogP contribution in [0, 0.1) is 0 Å². The van der Waals surface area contributed by atoms with Crippen molar-refractivity contribution >= 4 is 5.97 Å². The number of hydrogen-bond donors (Lipinski definition) is 1. The molecule has 0 aromatic heterocycles. The van der Waals surface area contributed by atoms with E-state index in [1.54, 1.807) is 7.05 Å². The maximum atomic E-state index is 11.4. The van der Waals surface area contributed by atoms with E-state index in [1.165, 1.54) is 7.11 Å². The van der Waals surface area contributed by atoms with E-state index < -0.39 is 0 Å². The zero-order chi connectivity index (χ0) is 11.3. The molecule has 1 heterocycles. The highest BCUT2D eigenvalue weighted by molar-refractivity contribution is 5.75. The fraction of sp³-hybridized carbons (Fsp3) is 0.900. The van der Waals surface area contributed by atoms with Crippen LogP contribution in [-0.4, -0.2) is 63.9 Å². The van der Waals surface area contributed by atoms with Gasteiger partial charge in [0.2, 0.25) is 0 Å². The van der Waals surface area contributed by atoms with Gasteiger partial charge in [-0.2, -0.15) is 0 Å². The minimum absolute atomic E-state index is 0.219. The van der Waals surface area contributed by atoms with Crippen molar-refractivity contribution < 1.29 is 14.3 Å². The minimum Gasteiger partial charge on any atom is -0.468 e. The average Bonchev–Trinajstić information content (AvgIpc) is 2.77. The summed E-state index contributed by atoms with van der Waals surface area (Å²) >= 11 is 0. The van der Waals surface area contributed by atoms with Crippen LogP contribution >= 0.6 is 0 Å². The summed E-state index contributed by atoms with van der Waals surface area (Å²) in [7, 11) is 5.18. The highest BCUT2D eigenvalue weighted by Gasteiger charge is 2.25. The third-order valence-corrected chi connectivity index (χ3v) is 2.83. The number of nitrogens with one attached hydrogen (secondary N) is 1. The number of ether oxygens (including phenoxy) is 2. The van der Waals surface area contributed by atoms with Crippen molar-refractivity contribution in [3.63, 3.8) is 0 Å². The van der Waals surface area contributed by atoms with E-state index in [2.05, 4.69) is 10.2 Å². The van der Waals surface area contributed by atoms with E-state index in [9.17, 15) is 4.79 Å². The number of nitrogens with zero attached hydrogens (tertiary/aromatic N) is 1. The summed E-state index contributed by atoms with van der Waals surface area (Å²) in [6.07, 6.45) is 1.04. The summed E-state index contributed by atoms with van der Waals surface area (Å²) in [5.41, 5.74) is 0. The highest BCUT2D eigenvalue weighted by Crippen LogP contribution is 2.10. The fourth-order valence-corrected chi connectivity index (χ4v) is 1.73. The zero-order valence-corrected chi connectivity index (χ0v) is 9.66. The molecule has 5 nitrogen and oxygen atoms in total. The number of rotatable bonds is 5. The molecule has 1 aliphatic heterocycles. The first-order valence-corrected chi connectivity index (χ1v) is 5.22. The predicted octanol–water partition coefficient (Wildman–Crippen LogP) is -0.532. The molecule has 1 N–H and O–H groups in total. The molecule has 0 aromatic rings. The summed E-state index contributed by atoms with van der Waals surface area (Å²) in [6, 6.07) is 0.158. The molecule has 2 atom stereocenters. The van der Waals surface area contributed by atoms with Gasteiger partial charge in [-0.05, 0) is 20.5 Å². The van der Waals surface area contributed by atoms with Gasteiger partial charge in [-0.1, -0.05) is 0 Å². The van der Waals surface area contributed by atoms with Crippen molar-refractivity contribution in [3.8, 4) is 0 Å². The second-order valence-corrected chi connectivity index (χ2v) is 3.82. The van der Waals surface area contributed by atoms with Gasteiger partial charge in [0.15, 0.2) is 0 Å². The van der Waals surface area contributed by atoms with Crippen molar-refractivity contribution in [2.75, 3.05) is 41.0 Å². The number of carbonyl (C=O) groups excluding carboxylic acids is 1. The van der Waals surface area contributed by atoms with Crippen LogP contribution in [0.4, 0.5) is 0 Å². The number of likely N-dealkylation sites (N-methyl/N-ethyl adjacent to an activating group) is 2. The second kappa shape index (κ2) is 6.05. The molecule has 88 valence electrons. The molecular formula is C10H20N2O3. The Kier molecular flexibility index (Phi) is 5.01. The molecule has 1 saturated heterocycles. The van der Waals surface area contributed by atoms with Crippen molar-refractivity contribution in [2.45, 2.75) is 18.5 Å². The summed E-state index contributed by atoms with van der Waals surface area (Å²) in [4.78, 5) is 13.5. The normalized spacial score (nSPS) is 23.1. The largest absolute Gasteiger partial charge is 0.468 e. The molecule has 2 unspecified atom stereocenters. The Hall–Kier alpha value is -0.650. The number of esters is 1. The van der Waals surface area contributed by atoms with Crippen molar-refractivity contribution in [3.05, 3.63) is 0 Å². The topological polar surface area (TPSA) is 50.8 Å². The quantitative estimate of drug-likeness (QED) is 0.626. The van der Waals surface area contributed by atoms with Crippen molar-refractivity contribution in [2.24, 2.45) is 0 Å². The van der Waals surface area contributed by atoms with Crippen LogP contribution in [0.5, 0.6) is 0 Å². The van der Waals surface area contributed by atoms with Crippen LogP contribution in [0.3, 0.4) is 0 Å². The molecule has 0 aromatic carbocycles. The van der Waals surface area contributed by atoms with Crippen LogP contribution < -0.4 is 5.32 Å². The number of methoxy groups -OCH3 is 1. The highest BCUT2D eigenvalue weighted by atomic mass is 16.5. The molecule has 5 heteroatoms. The summed E-state index contributed by atoms with van der Waals surface area (Å²) in [6.45, 7) is 2.22. The minimum atomic E-state index is -0.263. The lowest BCUT2D eigenvalue weighted by Gasteiger charge is -2.26. The molecule has 0 amide bonds. The maximum Gasteiger partial charge on any atom is 0.324 e. The van der Waals surface area contributed by atoms with E-state index in [1.807, 2.05) is 7.05 Å².